The van der Waals surface area contributed by atoms with Gasteiger partial charge >= 0.3 is 0 Å². The Hall–Kier alpha value is -1.06. The van der Waals surface area contributed by atoms with Gasteiger partial charge in [0.05, 0.1) is 10.5 Å². The Morgan fingerprint density at radius 2 is 2.12 bits per heavy atom. The molecule has 0 unspecified atom stereocenters. The highest BCUT2D eigenvalue weighted by atomic mass is 35.5. The van der Waals surface area contributed by atoms with Crippen LogP contribution in [0, 0.1) is 0 Å². The topological polar surface area (TPSA) is 37.9 Å². The summed E-state index contributed by atoms with van der Waals surface area (Å²) >= 11 is 6.10. The van der Waals surface area contributed by atoms with Crippen LogP contribution >= 0.6 is 11.6 Å². The third kappa shape index (κ3) is 1.70. The van der Waals surface area contributed by atoms with Gasteiger partial charge in [0.25, 0.3) is 0 Å². The van der Waals surface area contributed by atoms with Crippen molar-refractivity contribution in [3.8, 4) is 0 Å². The molecule has 1 aromatic carbocycles. The fourth-order valence-electron chi connectivity index (χ4n) is 2.18. The van der Waals surface area contributed by atoms with Crippen molar-refractivity contribution in [3.05, 3.63) is 29.0 Å². The molecule has 84 valence electrons. The van der Waals surface area contributed by atoms with Crippen molar-refractivity contribution in [1.29, 1.82) is 0 Å². The SMILES string of the molecule is Clc1cccc2[nH]c(C3CCOCC3)nc12. The molecule has 1 saturated heterocycles. The van der Waals surface area contributed by atoms with E-state index in [0.29, 0.717) is 10.9 Å². The Morgan fingerprint density at radius 1 is 1.31 bits per heavy atom. The zero-order chi connectivity index (χ0) is 11.0. The summed E-state index contributed by atoms with van der Waals surface area (Å²) in [5.41, 5.74) is 1.90. The Labute approximate surface area is 98.8 Å². The lowest BCUT2D eigenvalue weighted by molar-refractivity contribution is 0.0838. The highest BCUT2D eigenvalue weighted by Crippen LogP contribution is 2.28. The van der Waals surface area contributed by atoms with Gasteiger partial charge in [-0.2, -0.15) is 0 Å². The summed E-state index contributed by atoms with van der Waals surface area (Å²) in [6.45, 7) is 1.66. The maximum absolute atomic E-state index is 6.10. The number of hydrogen-bond donors (Lipinski definition) is 1. The van der Waals surface area contributed by atoms with Crippen molar-refractivity contribution in [2.75, 3.05) is 13.2 Å². The van der Waals surface area contributed by atoms with E-state index in [-0.39, 0.29) is 0 Å². The van der Waals surface area contributed by atoms with Gasteiger partial charge in [-0.3, -0.25) is 0 Å². The van der Waals surface area contributed by atoms with E-state index in [0.717, 1.165) is 42.9 Å². The van der Waals surface area contributed by atoms with Crippen LogP contribution in [0.2, 0.25) is 5.02 Å². The minimum absolute atomic E-state index is 0.484. The average molecular weight is 237 g/mol. The van der Waals surface area contributed by atoms with E-state index in [2.05, 4.69) is 9.97 Å². The number of nitrogens with one attached hydrogen (secondary N) is 1. The largest absolute Gasteiger partial charge is 0.381 e. The molecule has 1 aliphatic heterocycles. The van der Waals surface area contributed by atoms with E-state index in [4.69, 9.17) is 16.3 Å². The third-order valence-corrected chi connectivity index (χ3v) is 3.39. The van der Waals surface area contributed by atoms with Gasteiger partial charge in [-0.05, 0) is 25.0 Å². The number of ether oxygens (including phenoxy) is 1. The van der Waals surface area contributed by atoms with E-state index in [1.54, 1.807) is 0 Å². The zero-order valence-corrected chi connectivity index (χ0v) is 9.63. The first-order valence-corrected chi connectivity index (χ1v) is 5.94. The van der Waals surface area contributed by atoms with Gasteiger partial charge in [0, 0.05) is 19.1 Å². The van der Waals surface area contributed by atoms with E-state index >= 15 is 0 Å². The van der Waals surface area contributed by atoms with Crippen molar-refractivity contribution in [3.63, 3.8) is 0 Å². The second-order valence-corrected chi connectivity index (χ2v) is 4.55. The summed E-state index contributed by atoms with van der Waals surface area (Å²) in [4.78, 5) is 7.95. The second-order valence-electron chi connectivity index (χ2n) is 4.14. The zero-order valence-electron chi connectivity index (χ0n) is 8.87. The fourth-order valence-corrected chi connectivity index (χ4v) is 2.40. The predicted molar refractivity (Wildman–Crippen MR) is 63.9 cm³/mol. The molecule has 0 amide bonds. The molecule has 4 heteroatoms. The number of fused-ring (bicyclic) bond motifs is 1. The van der Waals surface area contributed by atoms with Crippen molar-refractivity contribution in [2.24, 2.45) is 0 Å². The van der Waals surface area contributed by atoms with Crippen LogP contribution in [0.3, 0.4) is 0 Å². The molecule has 2 heterocycles. The van der Waals surface area contributed by atoms with E-state index in [1.165, 1.54) is 0 Å². The molecule has 0 radical (unpaired) electrons. The number of halogens is 1. The Morgan fingerprint density at radius 3 is 2.88 bits per heavy atom. The highest BCUT2D eigenvalue weighted by molar-refractivity contribution is 6.34. The smallest absolute Gasteiger partial charge is 0.110 e. The summed E-state index contributed by atoms with van der Waals surface area (Å²) in [5, 5.41) is 0.715. The van der Waals surface area contributed by atoms with Gasteiger partial charge in [-0.1, -0.05) is 17.7 Å². The van der Waals surface area contributed by atoms with Crippen LogP contribution in [0.25, 0.3) is 11.0 Å². The first-order chi connectivity index (χ1) is 7.84. The first-order valence-electron chi connectivity index (χ1n) is 5.56. The van der Waals surface area contributed by atoms with Crippen LogP contribution in [0.4, 0.5) is 0 Å². The number of imidazole rings is 1. The van der Waals surface area contributed by atoms with Gasteiger partial charge in [0.2, 0.25) is 0 Å². The molecule has 1 aliphatic rings. The normalized spacial score (nSPS) is 18.1. The number of rotatable bonds is 1. The van der Waals surface area contributed by atoms with Gasteiger partial charge in [0.15, 0.2) is 0 Å². The van der Waals surface area contributed by atoms with Gasteiger partial charge < -0.3 is 9.72 Å². The lowest BCUT2D eigenvalue weighted by Gasteiger charge is -2.19. The third-order valence-electron chi connectivity index (χ3n) is 3.09. The maximum atomic E-state index is 6.10. The van der Waals surface area contributed by atoms with Crippen molar-refractivity contribution >= 4 is 22.6 Å². The van der Waals surface area contributed by atoms with Crippen LogP contribution in [-0.2, 0) is 4.74 Å². The lowest BCUT2D eigenvalue weighted by atomic mass is 10.00. The van der Waals surface area contributed by atoms with E-state index in [1.807, 2.05) is 18.2 Å². The monoisotopic (exact) mass is 236 g/mol. The molecule has 1 N–H and O–H groups in total. The highest BCUT2D eigenvalue weighted by Gasteiger charge is 2.19. The summed E-state index contributed by atoms with van der Waals surface area (Å²) < 4.78 is 5.35. The number of aromatic amines is 1. The summed E-state index contributed by atoms with van der Waals surface area (Å²) in [5.74, 6) is 1.53. The van der Waals surface area contributed by atoms with Gasteiger partial charge in [-0.15, -0.1) is 0 Å². The average Bonchev–Trinajstić information content (AvgIpc) is 2.76. The summed E-state index contributed by atoms with van der Waals surface area (Å²) in [6, 6.07) is 5.83. The quantitative estimate of drug-likeness (QED) is 0.826. The predicted octanol–water partition coefficient (Wildman–Crippen LogP) is 3.11. The van der Waals surface area contributed by atoms with Crippen LogP contribution in [0.1, 0.15) is 24.6 Å². The second kappa shape index (κ2) is 4.07. The maximum Gasteiger partial charge on any atom is 0.110 e. The molecular formula is C12H13ClN2O. The molecule has 0 aliphatic carbocycles. The molecule has 3 rings (SSSR count). The fraction of sp³-hybridized carbons (Fsp3) is 0.417. The number of para-hydroxylation sites is 1. The van der Waals surface area contributed by atoms with Gasteiger partial charge in [0.1, 0.15) is 11.3 Å². The molecule has 1 fully saturated rings. The Bertz CT molecular complexity index is 503. The molecular weight excluding hydrogens is 224 g/mol. The van der Waals surface area contributed by atoms with Crippen LogP contribution in [0.15, 0.2) is 18.2 Å². The standard InChI is InChI=1S/C12H13ClN2O/c13-9-2-1-3-10-11(9)15-12(14-10)8-4-6-16-7-5-8/h1-3,8H,4-7H2,(H,14,15). The molecule has 1 aromatic heterocycles. The lowest BCUT2D eigenvalue weighted by Crippen LogP contribution is -2.15. The van der Waals surface area contributed by atoms with Crippen LogP contribution in [-0.4, -0.2) is 23.2 Å². The first kappa shape index (κ1) is 10.1. The molecule has 0 spiro atoms. The number of aromatic nitrogens is 2. The minimum Gasteiger partial charge on any atom is -0.381 e. The van der Waals surface area contributed by atoms with Crippen LogP contribution in [0.5, 0.6) is 0 Å². The number of H-pyrrole nitrogens is 1. The minimum atomic E-state index is 0.484. The molecule has 2 aromatic rings. The molecule has 0 bridgehead atoms. The Kier molecular flexibility index (Phi) is 2.58. The number of benzene rings is 1. The van der Waals surface area contributed by atoms with Crippen molar-refractivity contribution in [1.82, 2.24) is 9.97 Å². The summed E-state index contributed by atoms with van der Waals surface area (Å²) in [6.07, 6.45) is 2.08. The Balaban J connectivity index is 2.01. The molecule has 3 nitrogen and oxygen atoms in total. The number of nitrogens with zero attached hydrogens (tertiary/aromatic N) is 1. The number of hydrogen-bond acceptors (Lipinski definition) is 2. The molecule has 0 atom stereocenters. The van der Waals surface area contributed by atoms with Crippen molar-refractivity contribution in [2.45, 2.75) is 18.8 Å². The summed E-state index contributed by atoms with van der Waals surface area (Å²) in [7, 11) is 0. The molecule has 16 heavy (non-hydrogen) atoms. The van der Waals surface area contributed by atoms with Crippen LogP contribution < -0.4 is 0 Å². The van der Waals surface area contributed by atoms with Crippen molar-refractivity contribution < 1.29 is 4.74 Å². The van der Waals surface area contributed by atoms with E-state index in [9.17, 15) is 0 Å². The van der Waals surface area contributed by atoms with Gasteiger partial charge in [-0.25, -0.2) is 4.98 Å². The molecule has 0 saturated carbocycles. The van der Waals surface area contributed by atoms with E-state index < -0.39 is 0 Å².